The molecule has 6 nitrogen and oxygen atoms in total. The quantitative estimate of drug-likeness (QED) is 0.458. The van der Waals surface area contributed by atoms with Crippen molar-refractivity contribution in [3.8, 4) is 0 Å². The topological polar surface area (TPSA) is 86.3 Å². The molecule has 0 amide bonds. The van der Waals surface area contributed by atoms with Gasteiger partial charge in [0.05, 0.1) is 16.3 Å². The summed E-state index contributed by atoms with van der Waals surface area (Å²) in [7, 11) is 0. The maximum absolute atomic E-state index is 11.3. The first-order valence-electron chi connectivity index (χ1n) is 5.65. The standard InChI is InChI=1S/C12H16N2O4/c1-4-12(13(15)16,14(17)18)11(2,3)10-8-6-5-7-9-10/h5-9H,4H2,1-3H3. The molecule has 1 rings (SSSR count). The SMILES string of the molecule is CCC([N+](=O)[O-])([N+](=O)[O-])C(C)(C)c1ccccc1. The molecular formula is C12H16N2O4. The monoisotopic (exact) mass is 252 g/mol. The normalized spacial score (nSPS) is 12.2. The zero-order chi connectivity index (χ0) is 14.0. The van der Waals surface area contributed by atoms with Gasteiger partial charge in [-0.25, -0.2) is 0 Å². The van der Waals surface area contributed by atoms with E-state index in [1.807, 2.05) is 0 Å². The van der Waals surface area contributed by atoms with E-state index >= 15 is 0 Å². The van der Waals surface area contributed by atoms with Crippen molar-refractivity contribution in [1.29, 1.82) is 0 Å². The Hall–Kier alpha value is -1.98. The smallest absolute Gasteiger partial charge is 0.258 e. The van der Waals surface area contributed by atoms with Gasteiger partial charge in [0, 0.05) is 0 Å². The lowest BCUT2D eigenvalue weighted by Crippen LogP contribution is -2.59. The van der Waals surface area contributed by atoms with Crippen LogP contribution < -0.4 is 0 Å². The van der Waals surface area contributed by atoms with E-state index in [-0.39, 0.29) is 6.42 Å². The maximum atomic E-state index is 11.3. The highest BCUT2D eigenvalue weighted by Gasteiger charge is 2.66. The van der Waals surface area contributed by atoms with Crippen molar-refractivity contribution < 1.29 is 9.85 Å². The number of nitrogens with zero attached hydrogens (tertiary/aromatic N) is 2. The maximum Gasteiger partial charge on any atom is 0.466 e. The minimum absolute atomic E-state index is 0.172. The second kappa shape index (κ2) is 4.72. The number of hydrogen-bond acceptors (Lipinski definition) is 4. The van der Waals surface area contributed by atoms with Gasteiger partial charge < -0.3 is 0 Å². The molecule has 1 aromatic carbocycles. The highest BCUT2D eigenvalue weighted by molar-refractivity contribution is 5.26. The molecule has 0 saturated carbocycles. The summed E-state index contributed by atoms with van der Waals surface area (Å²) >= 11 is 0. The fourth-order valence-corrected chi connectivity index (χ4v) is 2.31. The molecule has 0 aliphatic carbocycles. The van der Waals surface area contributed by atoms with E-state index in [9.17, 15) is 20.2 Å². The van der Waals surface area contributed by atoms with Crippen LogP contribution in [0.25, 0.3) is 0 Å². The molecule has 98 valence electrons. The molecule has 0 bridgehead atoms. The van der Waals surface area contributed by atoms with E-state index < -0.39 is 20.9 Å². The Morgan fingerprint density at radius 1 is 1.06 bits per heavy atom. The van der Waals surface area contributed by atoms with Crippen molar-refractivity contribution in [3.05, 3.63) is 56.1 Å². The highest BCUT2D eigenvalue weighted by atomic mass is 16.7. The Balaban J connectivity index is 3.46. The Bertz CT molecular complexity index is 442. The average Bonchev–Trinajstić information content (AvgIpc) is 2.30. The molecule has 0 spiro atoms. The van der Waals surface area contributed by atoms with Gasteiger partial charge in [-0.15, -0.1) is 0 Å². The van der Waals surface area contributed by atoms with Crippen molar-refractivity contribution in [3.63, 3.8) is 0 Å². The summed E-state index contributed by atoms with van der Waals surface area (Å²) in [5.74, 6) is 0. The Labute approximate surface area is 105 Å². The van der Waals surface area contributed by atoms with Crippen LogP contribution in [0.2, 0.25) is 0 Å². The third kappa shape index (κ3) is 1.83. The largest absolute Gasteiger partial charge is 0.466 e. The first-order valence-corrected chi connectivity index (χ1v) is 5.65. The van der Waals surface area contributed by atoms with Gasteiger partial charge in [-0.3, -0.25) is 20.2 Å². The fourth-order valence-electron chi connectivity index (χ4n) is 2.31. The minimum atomic E-state index is -2.21. The van der Waals surface area contributed by atoms with Crippen LogP contribution in [0.5, 0.6) is 0 Å². The summed E-state index contributed by atoms with van der Waals surface area (Å²) in [5.41, 5.74) is -2.83. The van der Waals surface area contributed by atoms with E-state index in [0.29, 0.717) is 5.56 Å². The van der Waals surface area contributed by atoms with Crippen molar-refractivity contribution in [1.82, 2.24) is 0 Å². The molecule has 0 fully saturated rings. The number of rotatable bonds is 5. The summed E-state index contributed by atoms with van der Waals surface area (Å²) in [6, 6.07) is 8.56. The van der Waals surface area contributed by atoms with Crippen LogP contribution in [-0.2, 0) is 5.41 Å². The average molecular weight is 252 g/mol. The molecule has 6 heteroatoms. The van der Waals surface area contributed by atoms with Gasteiger partial charge in [0.1, 0.15) is 5.41 Å². The molecular weight excluding hydrogens is 236 g/mol. The molecule has 0 saturated heterocycles. The van der Waals surface area contributed by atoms with Crippen LogP contribution in [0.1, 0.15) is 32.8 Å². The van der Waals surface area contributed by atoms with E-state index in [4.69, 9.17) is 0 Å². The highest BCUT2D eigenvalue weighted by Crippen LogP contribution is 2.39. The van der Waals surface area contributed by atoms with Gasteiger partial charge in [0.2, 0.25) is 0 Å². The molecule has 0 aliphatic heterocycles. The summed E-state index contributed by atoms with van der Waals surface area (Å²) < 4.78 is 0. The minimum Gasteiger partial charge on any atom is -0.258 e. The van der Waals surface area contributed by atoms with Gasteiger partial charge in [-0.2, -0.15) is 0 Å². The van der Waals surface area contributed by atoms with Crippen LogP contribution in [0.4, 0.5) is 0 Å². The van der Waals surface area contributed by atoms with Crippen LogP contribution in [0.15, 0.2) is 30.3 Å². The van der Waals surface area contributed by atoms with Gasteiger partial charge in [0.15, 0.2) is 0 Å². The van der Waals surface area contributed by atoms with E-state index in [1.54, 1.807) is 30.3 Å². The van der Waals surface area contributed by atoms with Crippen LogP contribution in [0.3, 0.4) is 0 Å². The number of benzene rings is 1. The zero-order valence-corrected chi connectivity index (χ0v) is 10.6. The zero-order valence-electron chi connectivity index (χ0n) is 10.6. The van der Waals surface area contributed by atoms with Crippen LogP contribution >= 0.6 is 0 Å². The van der Waals surface area contributed by atoms with Gasteiger partial charge in [-0.1, -0.05) is 37.3 Å². The van der Waals surface area contributed by atoms with Gasteiger partial charge >= 0.3 is 5.66 Å². The second-order valence-corrected chi connectivity index (χ2v) is 4.68. The lowest BCUT2D eigenvalue weighted by atomic mass is 9.72. The van der Waals surface area contributed by atoms with E-state index in [0.717, 1.165) is 0 Å². The van der Waals surface area contributed by atoms with E-state index in [1.165, 1.54) is 20.8 Å². The van der Waals surface area contributed by atoms with Gasteiger partial charge in [-0.05, 0) is 19.4 Å². The molecule has 0 unspecified atom stereocenters. The molecule has 1 aromatic rings. The molecule has 0 aliphatic rings. The van der Waals surface area contributed by atoms with Crippen molar-refractivity contribution in [2.24, 2.45) is 0 Å². The third-order valence-electron chi connectivity index (χ3n) is 3.59. The lowest BCUT2D eigenvalue weighted by Gasteiger charge is -2.31. The second-order valence-electron chi connectivity index (χ2n) is 4.68. The summed E-state index contributed by atoms with van der Waals surface area (Å²) in [6.45, 7) is 4.55. The van der Waals surface area contributed by atoms with Crippen LogP contribution in [-0.4, -0.2) is 15.5 Å². The molecule has 0 N–H and O–H groups in total. The summed E-state index contributed by atoms with van der Waals surface area (Å²) in [4.78, 5) is 21.0. The molecule has 0 heterocycles. The van der Waals surface area contributed by atoms with E-state index in [2.05, 4.69) is 0 Å². The number of hydrogen-bond donors (Lipinski definition) is 0. The Morgan fingerprint density at radius 2 is 1.50 bits per heavy atom. The lowest BCUT2D eigenvalue weighted by molar-refractivity contribution is -0.809. The Morgan fingerprint density at radius 3 is 1.83 bits per heavy atom. The summed E-state index contributed by atoms with van der Waals surface area (Å²) in [5, 5.41) is 22.6. The third-order valence-corrected chi connectivity index (χ3v) is 3.59. The molecule has 0 atom stereocenters. The van der Waals surface area contributed by atoms with Crippen molar-refractivity contribution in [2.45, 2.75) is 38.3 Å². The molecule has 0 radical (unpaired) electrons. The first-order chi connectivity index (χ1) is 8.30. The first kappa shape index (κ1) is 14.1. The van der Waals surface area contributed by atoms with Gasteiger partial charge in [0.25, 0.3) is 0 Å². The predicted octanol–water partition coefficient (Wildman–Crippen LogP) is 2.62. The van der Waals surface area contributed by atoms with Crippen molar-refractivity contribution >= 4 is 0 Å². The fraction of sp³-hybridized carbons (Fsp3) is 0.500. The predicted molar refractivity (Wildman–Crippen MR) is 66.5 cm³/mol. The molecule has 18 heavy (non-hydrogen) atoms. The van der Waals surface area contributed by atoms with Crippen molar-refractivity contribution in [2.75, 3.05) is 0 Å². The Kier molecular flexibility index (Phi) is 3.69. The number of nitro groups is 2. The van der Waals surface area contributed by atoms with Crippen LogP contribution in [0, 0.1) is 20.2 Å². The molecule has 0 aromatic heterocycles. The summed E-state index contributed by atoms with van der Waals surface area (Å²) in [6.07, 6.45) is -0.172.